The molecule has 0 aliphatic rings. The van der Waals surface area contributed by atoms with E-state index in [4.69, 9.17) is 0 Å². The zero-order valence-electron chi connectivity index (χ0n) is 8.21. The van der Waals surface area contributed by atoms with Gasteiger partial charge in [0.25, 0.3) is 6.43 Å². The summed E-state index contributed by atoms with van der Waals surface area (Å²) in [7, 11) is 1.17. The fourth-order valence-corrected chi connectivity index (χ4v) is 1.70. The van der Waals surface area contributed by atoms with Gasteiger partial charge in [0, 0.05) is 0 Å². The fraction of sp³-hybridized carbons (Fsp3) is 0.333. The van der Waals surface area contributed by atoms with Crippen LogP contribution in [0.15, 0.2) is 6.07 Å². The molecule has 0 aliphatic heterocycles. The van der Waals surface area contributed by atoms with Crippen LogP contribution in [0, 0.1) is 3.70 Å². The van der Waals surface area contributed by atoms with Gasteiger partial charge in [-0.15, -0.1) is 0 Å². The lowest BCUT2D eigenvalue weighted by Crippen LogP contribution is -2.08. The average molecular weight is 343 g/mol. The predicted molar refractivity (Wildman–Crippen MR) is 59.3 cm³/mol. The van der Waals surface area contributed by atoms with Crippen molar-refractivity contribution in [3.8, 4) is 5.75 Å². The van der Waals surface area contributed by atoms with Crippen molar-refractivity contribution in [1.82, 2.24) is 4.98 Å². The Morgan fingerprint density at radius 2 is 2.31 bits per heavy atom. The molecule has 1 aromatic heterocycles. The molecule has 0 saturated heterocycles. The van der Waals surface area contributed by atoms with Gasteiger partial charge in [-0.25, -0.2) is 13.8 Å². The van der Waals surface area contributed by atoms with Crippen LogP contribution in [-0.4, -0.2) is 23.2 Å². The van der Waals surface area contributed by atoms with Crippen molar-refractivity contribution in [2.75, 3.05) is 7.11 Å². The summed E-state index contributed by atoms with van der Waals surface area (Å²) in [6, 6.07) is 1.07. The van der Waals surface area contributed by atoms with Gasteiger partial charge in [-0.1, -0.05) is 0 Å². The molecular weight excluding hydrogens is 335 g/mol. The molecule has 1 N–H and O–H groups in total. The number of alkyl halides is 2. The van der Waals surface area contributed by atoms with Crippen molar-refractivity contribution >= 4 is 28.6 Å². The number of halogens is 3. The molecule has 7 heteroatoms. The van der Waals surface area contributed by atoms with Gasteiger partial charge >= 0.3 is 5.97 Å². The predicted octanol–water partition coefficient (Wildman–Crippen LogP) is 2.04. The van der Waals surface area contributed by atoms with E-state index in [0.29, 0.717) is 0 Å². The Balaban J connectivity index is 3.14. The van der Waals surface area contributed by atoms with E-state index >= 15 is 0 Å². The molecule has 16 heavy (non-hydrogen) atoms. The highest BCUT2D eigenvalue weighted by Gasteiger charge is 2.20. The minimum Gasteiger partial charge on any atom is -0.506 e. The third kappa shape index (κ3) is 3.00. The van der Waals surface area contributed by atoms with E-state index in [1.165, 1.54) is 7.11 Å². The summed E-state index contributed by atoms with van der Waals surface area (Å²) in [6.07, 6.45) is -3.15. The van der Waals surface area contributed by atoms with Crippen LogP contribution in [0.2, 0.25) is 0 Å². The lowest BCUT2D eigenvalue weighted by Gasteiger charge is -2.08. The minimum atomic E-state index is -2.81. The zero-order valence-corrected chi connectivity index (χ0v) is 10.4. The number of esters is 1. The Labute approximate surface area is 104 Å². The smallest absolute Gasteiger partial charge is 0.311 e. The maximum absolute atomic E-state index is 12.5. The third-order valence-electron chi connectivity index (χ3n) is 1.84. The number of carbonyl (C=O) groups is 1. The van der Waals surface area contributed by atoms with Crippen LogP contribution < -0.4 is 0 Å². The second kappa shape index (κ2) is 5.37. The monoisotopic (exact) mass is 343 g/mol. The van der Waals surface area contributed by atoms with Crippen LogP contribution in [-0.2, 0) is 16.0 Å². The van der Waals surface area contributed by atoms with E-state index in [1.807, 2.05) is 0 Å². The Morgan fingerprint density at radius 3 is 2.81 bits per heavy atom. The maximum atomic E-state index is 12.5. The van der Waals surface area contributed by atoms with Crippen LogP contribution in [0.4, 0.5) is 8.78 Å². The Bertz CT molecular complexity index is 412. The summed E-state index contributed by atoms with van der Waals surface area (Å²) in [4.78, 5) is 14.8. The fourth-order valence-electron chi connectivity index (χ4n) is 1.08. The molecule has 4 nitrogen and oxygen atoms in total. The van der Waals surface area contributed by atoms with Crippen molar-refractivity contribution in [2.24, 2.45) is 0 Å². The summed E-state index contributed by atoms with van der Waals surface area (Å²) in [5.74, 6) is -1.30. The molecule has 1 aromatic rings. The highest BCUT2D eigenvalue weighted by Crippen LogP contribution is 2.31. The number of aromatic hydroxyl groups is 1. The van der Waals surface area contributed by atoms with Gasteiger partial charge in [-0.05, 0) is 28.7 Å². The van der Waals surface area contributed by atoms with Gasteiger partial charge in [0.2, 0.25) is 0 Å². The second-order valence-electron chi connectivity index (χ2n) is 2.88. The van der Waals surface area contributed by atoms with Crippen molar-refractivity contribution < 1.29 is 23.4 Å². The molecule has 0 saturated carbocycles. The number of carbonyl (C=O) groups excluding carboxylic acids is 1. The number of methoxy groups -OCH3 is 1. The average Bonchev–Trinajstić information content (AvgIpc) is 2.22. The van der Waals surface area contributed by atoms with Gasteiger partial charge in [-0.3, -0.25) is 4.79 Å². The number of pyridine rings is 1. The first kappa shape index (κ1) is 13.1. The largest absolute Gasteiger partial charge is 0.506 e. The Kier molecular flexibility index (Phi) is 4.39. The molecule has 0 atom stereocenters. The normalized spacial score (nSPS) is 10.6. The van der Waals surface area contributed by atoms with E-state index in [9.17, 15) is 18.7 Å². The molecule has 0 aliphatic carbocycles. The lowest BCUT2D eigenvalue weighted by molar-refractivity contribution is -0.139. The molecule has 0 spiro atoms. The summed E-state index contributed by atoms with van der Waals surface area (Å²) >= 11 is 1.73. The molecule has 0 unspecified atom stereocenters. The van der Waals surface area contributed by atoms with Crippen molar-refractivity contribution in [2.45, 2.75) is 12.8 Å². The number of nitrogens with zero attached hydrogens (tertiary/aromatic N) is 1. The van der Waals surface area contributed by atoms with Crippen molar-refractivity contribution in [3.05, 3.63) is 21.0 Å². The molecular formula is C9H8F2INO3. The van der Waals surface area contributed by atoms with Crippen LogP contribution in [0.5, 0.6) is 5.75 Å². The van der Waals surface area contributed by atoms with Crippen LogP contribution in [0.3, 0.4) is 0 Å². The van der Waals surface area contributed by atoms with E-state index in [2.05, 4.69) is 9.72 Å². The topological polar surface area (TPSA) is 59.4 Å². The van der Waals surface area contributed by atoms with Gasteiger partial charge in [0.1, 0.15) is 9.45 Å². The number of ether oxygens (including phenoxy) is 1. The molecule has 0 amide bonds. The van der Waals surface area contributed by atoms with E-state index in [-0.39, 0.29) is 15.8 Å². The number of hydrogen-bond acceptors (Lipinski definition) is 4. The lowest BCUT2D eigenvalue weighted by atomic mass is 10.1. The SMILES string of the molecule is COC(=O)Cc1nc(I)cc(C(F)F)c1O. The molecule has 1 heterocycles. The molecule has 0 aromatic carbocycles. The number of rotatable bonds is 3. The van der Waals surface area contributed by atoms with Gasteiger partial charge in [-0.2, -0.15) is 0 Å². The Hall–Kier alpha value is -0.990. The van der Waals surface area contributed by atoms with Crippen LogP contribution >= 0.6 is 22.6 Å². The molecule has 0 bridgehead atoms. The van der Waals surface area contributed by atoms with E-state index in [0.717, 1.165) is 6.07 Å². The first-order valence-corrected chi connectivity index (χ1v) is 5.26. The molecule has 1 rings (SSSR count). The highest BCUT2D eigenvalue weighted by atomic mass is 127. The molecule has 88 valence electrons. The summed E-state index contributed by atoms with van der Waals surface area (Å²) < 4.78 is 29.7. The first-order valence-electron chi connectivity index (χ1n) is 4.19. The second-order valence-corrected chi connectivity index (χ2v) is 3.99. The number of hydrogen-bond donors (Lipinski definition) is 1. The number of aromatic nitrogens is 1. The van der Waals surface area contributed by atoms with Gasteiger partial charge in [0.15, 0.2) is 0 Å². The van der Waals surface area contributed by atoms with Crippen molar-refractivity contribution in [3.63, 3.8) is 0 Å². The van der Waals surface area contributed by atoms with E-state index in [1.54, 1.807) is 22.6 Å². The minimum absolute atomic E-state index is 0.103. The standard InChI is InChI=1S/C9H8F2INO3/c1-16-7(14)3-5-8(15)4(9(10)11)2-6(12)13-5/h2,9,15H,3H2,1H3. The van der Waals surface area contributed by atoms with E-state index < -0.39 is 23.7 Å². The zero-order chi connectivity index (χ0) is 12.3. The quantitative estimate of drug-likeness (QED) is 0.519. The summed E-state index contributed by atoms with van der Waals surface area (Å²) in [5, 5.41) is 9.47. The highest BCUT2D eigenvalue weighted by molar-refractivity contribution is 14.1. The maximum Gasteiger partial charge on any atom is 0.311 e. The van der Waals surface area contributed by atoms with Crippen LogP contribution in [0.1, 0.15) is 17.7 Å². The Morgan fingerprint density at radius 1 is 1.69 bits per heavy atom. The van der Waals surface area contributed by atoms with Gasteiger partial charge in [0.05, 0.1) is 24.8 Å². The van der Waals surface area contributed by atoms with Crippen molar-refractivity contribution in [1.29, 1.82) is 0 Å². The van der Waals surface area contributed by atoms with Crippen LogP contribution in [0.25, 0.3) is 0 Å². The first-order chi connectivity index (χ1) is 7.45. The summed E-state index contributed by atoms with van der Waals surface area (Å²) in [6.45, 7) is 0. The molecule has 0 fully saturated rings. The molecule has 0 radical (unpaired) electrons. The van der Waals surface area contributed by atoms with Gasteiger partial charge < -0.3 is 9.84 Å². The summed E-state index contributed by atoms with van der Waals surface area (Å²) in [5.41, 5.74) is -0.632. The third-order valence-corrected chi connectivity index (χ3v) is 2.39.